The third-order valence-corrected chi connectivity index (χ3v) is 2.68. The van der Waals surface area contributed by atoms with Crippen molar-refractivity contribution in [2.24, 2.45) is 0 Å². The monoisotopic (exact) mass is 269 g/mol. The summed E-state index contributed by atoms with van der Waals surface area (Å²) in [5.41, 5.74) is 2.35. The lowest BCUT2D eigenvalue weighted by Crippen LogP contribution is -2.22. The minimum atomic E-state index is -0.475. The number of hydrogen-bond acceptors (Lipinski definition) is 3. The van der Waals surface area contributed by atoms with Gasteiger partial charge in [-0.25, -0.2) is 4.79 Å². The smallest absolute Gasteiger partial charge is 0.331 e. The number of pyridine rings is 1. The summed E-state index contributed by atoms with van der Waals surface area (Å²) >= 11 is 0. The van der Waals surface area contributed by atoms with E-state index in [1.807, 2.05) is 58.0 Å². The van der Waals surface area contributed by atoms with E-state index in [2.05, 4.69) is 4.98 Å². The minimum absolute atomic E-state index is 0.337. The van der Waals surface area contributed by atoms with E-state index in [-0.39, 0.29) is 5.97 Å². The molecule has 1 heterocycles. The number of hydrogen-bond donors (Lipinski definition) is 0. The Labute approximate surface area is 119 Å². The molecule has 0 fully saturated rings. The zero-order valence-electron chi connectivity index (χ0n) is 12.3. The molecule has 0 amide bonds. The second-order valence-corrected chi connectivity index (χ2v) is 5.74. The molecule has 0 aliphatic rings. The Morgan fingerprint density at radius 3 is 2.65 bits per heavy atom. The number of carbonyl (C=O) groups excluding carboxylic acids is 1. The number of aryl methyl sites for hydroxylation is 1. The van der Waals surface area contributed by atoms with Crippen molar-refractivity contribution >= 4 is 22.9 Å². The van der Waals surface area contributed by atoms with Gasteiger partial charge >= 0.3 is 5.97 Å². The summed E-state index contributed by atoms with van der Waals surface area (Å²) in [5.74, 6) is -0.337. The highest BCUT2D eigenvalue weighted by Crippen LogP contribution is 2.19. The molecule has 2 aromatic rings. The Morgan fingerprint density at radius 2 is 1.95 bits per heavy atom. The van der Waals surface area contributed by atoms with Gasteiger partial charge in [-0.3, -0.25) is 4.98 Å². The highest BCUT2D eigenvalue weighted by atomic mass is 16.6. The summed E-state index contributed by atoms with van der Waals surface area (Å²) in [6, 6.07) is 9.84. The predicted octanol–water partition coefficient (Wildman–Crippen LogP) is 3.90. The van der Waals surface area contributed by atoms with Gasteiger partial charge in [0.1, 0.15) is 5.60 Å². The molecule has 0 saturated carbocycles. The summed E-state index contributed by atoms with van der Waals surface area (Å²) < 4.78 is 5.26. The van der Waals surface area contributed by atoms with Crippen molar-refractivity contribution in [3.8, 4) is 0 Å². The van der Waals surface area contributed by atoms with Crippen molar-refractivity contribution in [1.29, 1.82) is 0 Å². The van der Waals surface area contributed by atoms with E-state index >= 15 is 0 Å². The van der Waals surface area contributed by atoms with Crippen LogP contribution < -0.4 is 0 Å². The van der Waals surface area contributed by atoms with Gasteiger partial charge in [0.25, 0.3) is 0 Å². The first-order valence-corrected chi connectivity index (χ1v) is 6.62. The quantitative estimate of drug-likeness (QED) is 0.613. The first kappa shape index (κ1) is 14.3. The van der Waals surface area contributed by atoms with Crippen LogP contribution in [0.3, 0.4) is 0 Å². The lowest BCUT2D eigenvalue weighted by Gasteiger charge is -2.17. The van der Waals surface area contributed by atoms with Crippen molar-refractivity contribution in [2.75, 3.05) is 0 Å². The van der Waals surface area contributed by atoms with E-state index in [0.717, 1.165) is 22.2 Å². The SMILES string of the molecule is Cc1cc(/C=C/C(=O)OC(C)(C)C)c2ccccc2n1. The molecule has 0 bridgehead atoms. The zero-order valence-corrected chi connectivity index (χ0v) is 12.3. The number of esters is 1. The minimum Gasteiger partial charge on any atom is -0.457 e. The van der Waals surface area contributed by atoms with Gasteiger partial charge in [0.2, 0.25) is 0 Å². The van der Waals surface area contributed by atoms with Crippen LogP contribution in [0.15, 0.2) is 36.4 Å². The van der Waals surface area contributed by atoms with E-state index in [4.69, 9.17) is 4.74 Å². The van der Waals surface area contributed by atoms with Crippen molar-refractivity contribution < 1.29 is 9.53 Å². The molecule has 0 N–H and O–H groups in total. The molecule has 3 nitrogen and oxygen atoms in total. The Bertz CT molecular complexity index is 666. The highest BCUT2D eigenvalue weighted by Gasteiger charge is 2.14. The number of nitrogens with zero attached hydrogens (tertiary/aromatic N) is 1. The first-order valence-electron chi connectivity index (χ1n) is 6.62. The van der Waals surface area contributed by atoms with E-state index in [1.54, 1.807) is 6.08 Å². The van der Waals surface area contributed by atoms with Crippen LogP contribution in [0.5, 0.6) is 0 Å². The molecular weight excluding hydrogens is 250 g/mol. The van der Waals surface area contributed by atoms with E-state index in [9.17, 15) is 4.79 Å². The average Bonchev–Trinajstić information content (AvgIpc) is 2.33. The van der Waals surface area contributed by atoms with Crippen molar-refractivity contribution in [2.45, 2.75) is 33.3 Å². The van der Waals surface area contributed by atoms with E-state index in [0.29, 0.717) is 0 Å². The molecule has 20 heavy (non-hydrogen) atoms. The largest absolute Gasteiger partial charge is 0.457 e. The lowest BCUT2D eigenvalue weighted by atomic mass is 10.1. The number of rotatable bonds is 2. The van der Waals surface area contributed by atoms with Crippen molar-refractivity contribution in [3.05, 3.63) is 47.7 Å². The summed E-state index contributed by atoms with van der Waals surface area (Å²) in [7, 11) is 0. The van der Waals surface area contributed by atoms with Crippen LogP contribution in [0.1, 0.15) is 32.0 Å². The van der Waals surface area contributed by atoms with Crippen LogP contribution in [0.4, 0.5) is 0 Å². The molecule has 0 saturated heterocycles. The molecular formula is C17H19NO2. The van der Waals surface area contributed by atoms with Crippen LogP contribution in [-0.2, 0) is 9.53 Å². The Balaban J connectivity index is 2.32. The fourth-order valence-corrected chi connectivity index (χ4v) is 1.97. The molecule has 0 radical (unpaired) electrons. The van der Waals surface area contributed by atoms with Crippen LogP contribution in [0, 0.1) is 6.92 Å². The number of benzene rings is 1. The van der Waals surface area contributed by atoms with Crippen LogP contribution in [-0.4, -0.2) is 16.6 Å². The molecule has 0 spiro atoms. The maximum atomic E-state index is 11.7. The summed E-state index contributed by atoms with van der Waals surface area (Å²) in [6.07, 6.45) is 3.25. The Hall–Kier alpha value is -2.16. The topological polar surface area (TPSA) is 39.2 Å². The zero-order chi connectivity index (χ0) is 14.8. The highest BCUT2D eigenvalue weighted by molar-refractivity contribution is 5.93. The van der Waals surface area contributed by atoms with Crippen LogP contribution in [0.2, 0.25) is 0 Å². The van der Waals surface area contributed by atoms with Gasteiger partial charge in [-0.05, 0) is 51.5 Å². The van der Waals surface area contributed by atoms with Gasteiger partial charge in [0, 0.05) is 17.2 Å². The maximum absolute atomic E-state index is 11.7. The standard InChI is InChI=1S/C17H19NO2/c1-12-11-13(9-10-16(19)20-17(2,3)4)14-7-5-6-8-15(14)18-12/h5-11H,1-4H3/b10-9+. The van der Waals surface area contributed by atoms with Gasteiger partial charge in [-0.1, -0.05) is 18.2 Å². The van der Waals surface area contributed by atoms with Crippen molar-refractivity contribution in [1.82, 2.24) is 4.98 Å². The van der Waals surface area contributed by atoms with Crippen LogP contribution in [0.25, 0.3) is 17.0 Å². The van der Waals surface area contributed by atoms with Gasteiger partial charge in [0.05, 0.1) is 5.52 Å². The number of carbonyl (C=O) groups is 1. The Kier molecular flexibility index (Phi) is 3.89. The molecule has 104 valence electrons. The Morgan fingerprint density at radius 1 is 1.25 bits per heavy atom. The van der Waals surface area contributed by atoms with E-state index < -0.39 is 5.60 Å². The summed E-state index contributed by atoms with van der Waals surface area (Å²) in [5, 5.41) is 1.03. The van der Waals surface area contributed by atoms with Crippen molar-refractivity contribution in [3.63, 3.8) is 0 Å². The fraction of sp³-hybridized carbons (Fsp3) is 0.294. The van der Waals surface area contributed by atoms with Gasteiger partial charge in [-0.15, -0.1) is 0 Å². The molecule has 2 rings (SSSR count). The second-order valence-electron chi connectivity index (χ2n) is 5.74. The molecule has 0 aliphatic carbocycles. The van der Waals surface area contributed by atoms with E-state index in [1.165, 1.54) is 6.08 Å². The molecule has 0 aliphatic heterocycles. The second kappa shape index (κ2) is 5.45. The normalized spacial score (nSPS) is 12.0. The number of ether oxygens (including phenoxy) is 1. The van der Waals surface area contributed by atoms with Gasteiger partial charge in [-0.2, -0.15) is 0 Å². The number of para-hydroxylation sites is 1. The maximum Gasteiger partial charge on any atom is 0.331 e. The average molecular weight is 269 g/mol. The molecule has 0 unspecified atom stereocenters. The van der Waals surface area contributed by atoms with Gasteiger partial charge in [0.15, 0.2) is 0 Å². The van der Waals surface area contributed by atoms with Gasteiger partial charge < -0.3 is 4.74 Å². The van der Waals surface area contributed by atoms with Crippen LogP contribution >= 0.6 is 0 Å². The lowest BCUT2D eigenvalue weighted by molar-refractivity contribution is -0.148. The third kappa shape index (κ3) is 3.67. The summed E-state index contributed by atoms with van der Waals surface area (Å²) in [4.78, 5) is 16.2. The molecule has 1 aromatic heterocycles. The predicted molar refractivity (Wildman–Crippen MR) is 81.4 cm³/mol. The fourth-order valence-electron chi connectivity index (χ4n) is 1.97. The first-order chi connectivity index (χ1) is 9.35. The molecule has 3 heteroatoms. The molecule has 0 atom stereocenters. The third-order valence-electron chi connectivity index (χ3n) is 2.68. The summed E-state index contributed by atoms with van der Waals surface area (Å²) in [6.45, 7) is 7.50. The number of fused-ring (bicyclic) bond motifs is 1. The molecule has 1 aromatic carbocycles. The number of aromatic nitrogens is 1.